The molecule has 1 atom stereocenters. The summed E-state index contributed by atoms with van der Waals surface area (Å²) in [5, 5.41) is 0. The van der Waals surface area contributed by atoms with Crippen LogP contribution in [0.5, 0.6) is 5.88 Å². The molecule has 2 aromatic heterocycles. The van der Waals surface area contributed by atoms with Gasteiger partial charge in [0.2, 0.25) is 5.88 Å². The van der Waals surface area contributed by atoms with Gasteiger partial charge in [0.25, 0.3) is 0 Å². The van der Waals surface area contributed by atoms with E-state index in [0.29, 0.717) is 20.2 Å². The van der Waals surface area contributed by atoms with Crippen LogP contribution >= 0.6 is 34.5 Å². The normalized spacial score (nSPS) is 12.5. The van der Waals surface area contributed by atoms with Gasteiger partial charge in [-0.3, -0.25) is 4.98 Å². The SMILES string of the molecule is COc1nccnc1C(N)c1cc(Cl)sc1Cl. The number of hydrogen-bond donors (Lipinski definition) is 1. The van der Waals surface area contributed by atoms with Crippen molar-refractivity contribution in [3.05, 3.63) is 38.4 Å². The molecule has 90 valence electrons. The summed E-state index contributed by atoms with van der Waals surface area (Å²) in [5.74, 6) is 0.387. The van der Waals surface area contributed by atoms with Crippen molar-refractivity contribution in [2.24, 2.45) is 5.73 Å². The van der Waals surface area contributed by atoms with Gasteiger partial charge in [0.15, 0.2) is 0 Å². The molecule has 0 bridgehead atoms. The van der Waals surface area contributed by atoms with Gasteiger partial charge in [0.05, 0.1) is 21.8 Å². The van der Waals surface area contributed by atoms with Crippen LogP contribution in [0.2, 0.25) is 8.67 Å². The highest BCUT2D eigenvalue weighted by Gasteiger charge is 2.20. The van der Waals surface area contributed by atoms with Gasteiger partial charge in [-0.15, -0.1) is 11.3 Å². The van der Waals surface area contributed by atoms with E-state index in [2.05, 4.69) is 9.97 Å². The number of ether oxygens (including phenoxy) is 1. The molecule has 0 amide bonds. The van der Waals surface area contributed by atoms with Crippen molar-refractivity contribution >= 4 is 34.5 Å². The lowest BCUT2D eigenvalue weighted by Gasteiger charge is -2.12. The van der Waals surface area contributed by atoms with Gasteiger partial charge < -0.3 is 10.5 Å². The van der Waals surface area contributed by atoms with Gasteiger partial charge in [0, 0.05) is 18.0 Å². The van der Waals surface area contributed by atoms with Gasteiger partial charge in [-0.05, 0) is 6.07 Å². The van der Waals surface area contributed by atoms with Crippen molar-refractivity contribution in [1.82, 2.24) is 9.97 Å². The van der Waals surface area contributed by atoms with Crippen LogP contribution in [0.15, 0.2) is 18.5 Å². The van der Waals surface area contributed by atoms with Crippen LogP contribution in [0.3, 0.4) is 0 Å². The molecule has 0 saturated carbocycles. The Morgan fingerprint density at radius 2 is 2.06 bits per heavy atom. The predicted octanol–water partition coefficient (Wildman–Crippen LogP) is 2.90. The van der Waals surface area contributed by atoms with E-state index in [4.69, 9.17) is 33.7 Å². The molecular weight excluding hydrogens is 281 g/mol. The molecule has 0 aliphatic rings. The van der Waals surface area contributed by atoms with E-state index in [9.17, 15) is 0 Å². The first kappa shape index (κ1) is 12.6. The van der Waals surface area contributed by atoms with Crippen molar-refractivity contribution in [1.29, 1.82) is 0 Å². The number of rotatable bonds is 3. The minimum Gasteiger partial charge on any atom is -0.480 e. The van der Waals surface area contributed by atoms with Crippen LogP contribution in [0.1, 0.15) is 17.3 Å². The molecule has 2 heterocycles. The summed E-state index contributed by atoms with van der Waals surface area (Å²) >= 11 is 13.2. The number of nitrogens with zero attached hydrogens (tertiary/aromatic N) is 2. The van der Waals surface area contributed by atoms with Crippen molar-refractivity contribution in [2.45, 2.75) is 6.04 Å². The Bertz CT molecular complexity index is 532. The number of halogens is 2. The van der Waals surface area contributed by atoms with Gasteiger partial charge in [-0.2, -0.15) is 0 Å². The summed E-state index contributed by atoms with van der Waals surface area (Å²) in [6.07, 6.45) is 3.09. The fourth-order valence-electron chi connectivity index (χ4n) is 1.42. The molecule has 2 rings (SSSR count). The maximum Gasteiger partial charge on any atom is 0.237 e. The zero-order valence-corrected chi connectivity index (χ0v) is 11.2. The summed E-state index contributed by atoms with van der Waals surface area (Å²) in [6, 6.07) is 1.22. The number of methoxy groups -OCH3 is 1. The lowest BCUT2D eigenvalue weighted by molar-refractivity contribution is 0.387. The van der Waals surface area contributed by atoms with Crippen LogP contribution in [0.4, 0.5) is 0 Å². The van der Waals surface area contributed by atoms with Crippen molar-refractivity contribution < 1.29 is 4.74 Å². The van der Waals surface area contributed by atoms with Crippen LogP contribution in [-0.4, -0.2) is 17.1 Å². The minimum atomic E-state index is -0.505. The fraction of sp³-hybridized carbons (Fsp3) is 0.200. The molecule has 7 heteroatoms. The topological polar surface area (TPSA) is 61.0 Å². The first-order valence-corrected chi connectivity index (χ1v) is 6.26. The van der Waals surface area contributed by atoms with Crippen molar-refractivity contribution in [3.8, 4) is 5.88 Å². The third-order valence-electron chi connectivity index (χ3n) is 2.20. The first-order chi connectivity index (χ1) is 8.13. The minimum absolute atomic E-state index is 0.387. The molecule has 4 nitrogen and oxygen atoms in total. The third-order valence-corrected chi connectivity index (χ3v) is 3.72. The lowest BCUT2D eigenvalue weighted by atomic mass is 10.1. The van der Waals surface area contributed by atoms with Crippen LogP contribution < -0.4 is 10.5 Å². The average Bonchev–Trinajstić information content (AvgIpc) is 2.67. The Labute approximate surface area is 112 Å². The summed E-state index contributed by atoms with van der Waals surface area (Å²) < 4.78 is 6.25. The van der Waals surface area contributed by atoms with Crippen LogP contribution in [-0.2, 0) is 0 Å². The highest BCUT2D eigenvalue weighted by molar-refractivity contribution is 7.20. The van der Waals surface area contributed by atoms with E-state index in [1.165, 1.54) is 24.6 Å². The number of hydrogen-bond acceptors (Lipinski definition) is 5. The summed E-state index contributed by atoms with van der Waals surface area (Å²) in [6.45, 7) is 0. The van der Waals surface area contributed by atoms with Crippen molar-refractivity contribution in [3.63, 3.8) is 0 Å². The Morgan fingerprint density at radius 3 is 2.65 bits per heavy atom. The molecule has 0 aromatic carbocycles. The quantitative estimate of drug-likeness (QED) is 0.944. The van der Waals surface area contributed by atoms with Crippen LogP contribution in [0, 0.1) is 0 Å². The second-order valence-corrected chi connectivity index (χ2v) is 5.49. The van der Waals surface area contributed by atoms with E-state index in [0.717, 1.165) is 5.56 Å². The molecule has 0 aliphatic heterocycles. The summed E-state index contributed by atoms with van der Waals surface area (Å²) in [4.78, 5) is 8.21. The second kappa shape index (κ2) is 5.18. The molecule has 0 fully saturated rings. The number of aromatic nitrogens is 2. The lowest BCUT2D eigenvalue weighted by Crippen LogP contribution is -2.15. The molecular formula is C10H9Cl2N3OS. The Hall–Kier alpha value is -0.880. The average molecular weight is 290 g/mol. The number of thiophene rings is 1. The Morgan fingerprint density at radius 1 is 1.35 bits per heavy atom. The highest BCUT2D eigenvalue weighted by atomic mass is 35.5. The highest BCUT2D eigenvalue weighted by Crippen LogP contribution is 2.37. The molecule has 2 aromatic rings. The monoisotopic (exact) mass is 289 g/mol. The third kappa shape index (κ3) is 2.52. The Balaban J connectivity index is 2.43. The van der Waals surface area contributed by atoms with Gasteiger partial charge >= 0.3 is 0 Å². The van der Waals surface area contributed by atoms with E-state index < -0.39 is 6.04 Å². The molecule has 0 spiro atoms. The van der Waals surface area contributed by atoms with Crippen molar-refractivity contribution in [2.75, 3.05) is 7.11 Å². The number of nitrogens with two attached hydrogens (primary N) is 1. The van der Waals surface area contributed by atoms with Crippen LogP contribution in [0.25, 0.3) is 0 Å². The first-order valence-electron chi connectivity index (χ1n) is 4.68. The largest absolute Gasteiger partial charge is 0.480 e. The molecule has 17 heavy (non-hydrogen) atoms. The van der Waals surface area contributed by atoms with Gasteiger partial charge in [-0.25, -0.2) is 4.98 Å². The smallest absolute Gasteiger partial charge is 0.237 e. The molecule has 1 unspecified atom stereocenters. The summed E-state index contributed by atoms with van der Waals surface area (Å²) in [5.41, 5.74) is 7.34. The predicted molar refractivity (Wildman–Crippen MR) is 69.0 cm³/mol. The summed E-state index contributed by atoms with van der Waals surface area (Å²) in [7, 11) is 1.52. The fourth-order valence-corrected chi connectivity index (χ4v) is 2.97. The van der Waals surface area contributed by atoms with E-state index >= 15 is 0 Å². The Kier molecular flexibility index (Phi) is 3.83. The maximum absolute atomic E-state index is 6.09. The standard InChI is InChI=1S/C10H9Cl2N3OS/c1-16-10-8(14-2-3-15-10)7(13)5-4-6(11)17-9(5)12/h2-4,7H,13H2,1H3. The zero-order valence-electron chi connectivity index (χ0n) is 8.85. The maximum atomic E-state index is 6.09. The molecule has 0 radical (unpaired) electrons. The zero-order chi connectivity index (χ0) is 12.4. The van der Waals surface area contributed by atoms with Gasteiger partial charge in [-0.1, -0.05) is 23.2 Å². The molecule has 0 aliphatic carbocycles. The van der Waals surface area contributed by atoms with E-state index in [-0.39, 0.29) is 0 Å². The van der Waals surface area contributed by atoms with E-state index in [1.807, 2.05) is 0 Å². The van der Waals surface area contributed by atoms with E-state index in [1.54, 1.807) is 12.3 Å². The second-order valence-electron chi connectivity index (χ2n) is 3.21. The molecule has 2 N–H and O–H groups in total. The molecule has 0 saturated heterocycles. The van der Waals surface area contributed by atoms with Gasteiger partial charge in [0.1, 0.15) is 5.69 Å².